The quantitative estimate of drug-likeness (QED) is 0.690. The maximum atomic E-state index is 11.5. The Labute approximate surface area is 99.8 Å². The van der Waals surface area contributed by atoms with Crippen LogP contribution >= 0.6 is 0 Å². The molecule has 1 aromatic rings. The number of hydrogen-bond acceptors (Lipinski definition) is 3. The maximum Gasteiger partial charge on any atom is 0.320 e. The van der Waals surface area contributed by atoms with Crippen molar-refractivity contribution >= 4 is 17.6 Å². The number of para-hydroxylation sites is 1. The van der Waals surface area contributed by atoms with Crippen molar-refractivity contribution in [3.8, 4) is 0 Å². The molecule has 0 spiro atoms. The van der Waals surface area contributed by atoms with Crippen LogP contribution in [-0.2, 0) is 9.59 Å². The monoisotopic (exact) mass is 236 g/mol. The highest BCUT2D eigenvalue weighted by atomic mass is 16.4. The van der Waals surface area contributed by atoms with Crippen LogP contribution in [-0.4, -0.2) is 29.6 Å². The fourth-order valence-corrected chi connectivity index (χ4v) is 1.23. The fourth-order valence-electron chi connectivity index (χ4n) is 1.23. The molecule has 0 aromatic heterocycles. The molecule has 1 amide bonds. The van der Waals surface area contributed by atoms with Crippen molar-refractivity contribution in [1.29, 1.82) is 0 Å². The molecule has 0 aliphatic carbocycles. The molecule has 92 valence electrons. The van der Waals surface area contributed by atoms with E-state index in [1.807, 2.05) is 18.2 Å². The Hall–Kier alpha value is -1.88. The average molecular weight is 236 g/mol. The van der Waals surface area contributed by atoms with Gasteiger partial charge in [0, 0.05) is 18.7 Å². The van der Waals surface area contributed by atoms with E-state index >= 15 is 0 Å². The highest BCUT2D eigenvalue weighted by molar-refractivity contribution is 5.90. The molecule has 5 nitrogen and oxygen atoms in total. The summed E-state index contributed by atoms with van der Waals surface area (Å²) in [4.78, 5) is 22.0. The number of nitrogens with one attached hydrogen (secondary N) is 2. The molecule has 0 saturated carbocycles. The Bertz CT molecular complexity index is 379. The van der Waals surface area contributed by atoms with Gasteiger partial charge in [0.2, 0.25) is 5.91 Å². The van der Waals surface area contributed by atoms with Crippen molar-refractivity contribution in [3.63, 3.8) is 0 Å². The molecular weight excluding hydrogens is 220 g/mol. The van der Waals surface area contributed by atoms with Gasteiger partial charge >= 0.3 is 5.97 Å². The van der Waals surface area contributed by atoms with Crippen LogP contribution in [0.15, 0.2) is 30.3 Å². The molecule has 0 bridgehead atoms. The van der Waals surface area contributed by atoms with E-state index in [1.54, 1.807) is 12.1 Å². The molecule has 3 N–H and O–H groups in total. The number of rotatable bonds is 6. The first-order valence-electron chi connectivity index (χ1n) is 5.40. The van der Waals surface area contributed by atoms with E-state index in [0.717, 1.165) is 5.69 Å². The minimum Gasteiger partial charge on any atom is -0.480 e. The Balaban J connectivity index is 2.25. The summed E-state index contributed by atoms with van der Waals surface area (Å²) in [7, 11) is 0. The summed E-state index contributed by atoms with van der Waals surface area (Å²) in [6.07, 6.45) is 0.243. The Morgan fingerprint density at radius 3 is 2.53 bits per heavy atom. The van der Waals surface area contributed by atoms with Gasteiger partial charge < -0.3 is 15.7 Å². The van der Waals surface area contributed by atoms with Gasteiger partial charge in [0.25, 0.3) is 0 Å². The number of amides is 1. The van der Waals surface area contributed by atoms with Crippen LogP contribution in [0.5, 0.6) is 0 Å². The summed E-state index contributed by atoms with van der Waals surface area (Å²) < 4.78 is 0. The van der Waals surface area contributed by atoms with Crippen LogP contribution in [0.1, 0.15) is 13.3 Å². The molecule has 0 saturated heterocycles. The van der Waals surface area contributed by atoms with Crippen LogP contribution in [0.25, 0.3) is 0 Å². The topological polar surface area (TPSA) is 78.4 Å². The van der Waals surface area contributed by atoms with E-state index in [-0.39, 0.29) is 12.3 Å². The van der Waals surface area contributed by atoms with Crippen molar-refractivity contribution < 1.29 is 14.7 Å². The van der Waals surface area contributed by atoms with Gasteiger partial charge in [-0.1, -0.05) is 18.2 Å². The fraction of sp³-hybridized carbons (Fsp3) is 0.333. The van der Waals surface area contributed by atoms with Crippen molar-refractivity contribution in [1.82, 2.24) is 5.32 Å². The van der Waals surface area contributed by atoms with Crippen LogP contribution in [0, 0.1) is 0 Å². The van der Waals surface area contributed by atoms with E-state index < -0.39 is 12.0 Å². The molecule has 0 unspecified atom stereocenters. The lowest BCUT2D eigenvalue weighted by atomic mass is 10.3. The van der Waals surface area contributed by atoms with Gasteiger partial charge in [-0.05, 0) is 19.1 Å². The molecule has 1 atom stereocenters. The summed E-state index contributed by atoms with van der Waals surface area (Å²) in [6.45, 7) is 1.88. The molecule has 1 aromatic carbocycles. The third-order valence-electron chi connectivity index (χ3n) is 2.23. The number of carbonyl (C=O) groups is 2. The van der Waals surface area contributed by atoms with Gasteiger partial charge in [0.15, 0.2) is 0 Å². The molecular formula is C12H16N2O3. The molecule has 0 heterocycles. The molecule has 5 heteroatoms. The highest BCUT2D eigenvalue weighted by Crippen LogP contribution is 2.04. The molecule has 0 aliphatic rings. The number of carboxylic acid groups (broad SMARTS) is 1. The summed E-state index contributed by atoms with van der Waals surface area (Å²) in [5, 5.41) is 14.1. The molecule has 0 aliphatic heterocycles. The number of carbonyl (C=O) groups excluding carboxylic acids is 1. The van der Waals surface area contributed by atoms with Crippen molar-refractivity contribution in [2.45, 2.75) is 19.4 Å². The van der Waals surface area contributed by atoms with Crippen LogP contribution < -0.4 is 10.6 Å². The largest absolute Gasteiger partial charge is 0.480 e. The summed E-state index contributed by atoms with van der Waals surface area (Å²) in [6, 6.07) is 8.49. The number of anilines is 1. The Morgan fingerprint density at radius 2 is 1.94 bits per heavy atom. The predicted molar refractivity (Wildman–Crippen MR) is 64.8 cm³/mol. The SMILES string of the molecule is C[C@H](NCCC(=O)Nc1ccccc1)C(=O)O. The Kier molecular flexibility index (Phi) is 5.16. The summed E-state index contributed by atoms with van der Waals surface area (Å²) in [5.74, 6) is -1.06. The van der Waals surface area contributed by atoms with Crippen LogP contribution in [0.2, 0.25) is 0 Å². The lowest BCUT2D eigenvalue weighted by molar-refractivity contribution is -0.139. The first-order valence-corrected chi connectivity index (χ1v) is 5.40. The number of aliphatic carboxylic acids is 1. The van der Waals surface area contributed by atoms with Gasteiger partial charge in [-0.25, -0.2) is 0 Å². The summed E-state index contributed by atoms with van der Waals surface area (Å²) >= 11 is 0. The third kappa shape index (κ3) is 5.12. The van der Waals surface area contributed by atoms with E-state index in [2.05, 4.69) is 10.6 Å². The highest BCUT2D eigenvalue weighted by Gasteiger charge is 2.10. The first-order chi connectivity index (χ1) is 8.09. The number of carboxylic acids is 1. The first kappa shape index (κ1) is 13.2. The van der Waals surface area contributed by atoms with Gasteiger partial charge in [-0.3, -0.25) is 9.59 Å². The molecule has 1 rings (SSSR count). The molecule has 0 fully saturated rings. The van der Waals surface area contributed by atoms with Crippen molar-refractivity contribution in [3.05, 3.63) is 30.3 Å². The lowest BCUT2D eigenvalue weighted by Crippen LogP contribution is -2.35. The minimum atomic E-state index is -0.923. The zero-order valence-corrected chi connectivity index (χ0v) is 9.64. The van der Waals surface area contributed by atoms with E-state index in [1.165, 1.54) is 6.92 Å². The maximum absolute atomic E-state index is 11.5. The second-order valence-corrected chi connectivity index (χ2v) is 3.68. The van der Waals surface area contributed by atoms with Crippen LogP contribution in [0.4, 0.5) is 5.69 Å². The van der Waals surface area contributed by atoms with Crippen LogP contribution in [0.3, 0.4) is 0 Å². The molecule has 0 radical (unpaired) electrons. The van der Waals surface area contributed by atoms with E-state index in [9.17, 15) is 9.59 Å². The number of benzene rings is 1. The molecule has 17 heavy (non-hydrogen) atoms. The van der Waals surface area contributed by atoms with Gasteiger partial charge in [-0.15, -0.1) is 0 Å². The predicted octanol–water partition coefficient (Wildman–Crippen LogP) is 1.08. The second-order valence-electron chi connectivity index (χ2n) is 3.68. The summed E-state index contributed by atoms with van der Waals surface area (Å²) in [5.41, 5.74) is 0.740. The zero-order chi connectivity index (χ0) is 12.7. The van der Waals surface area contributed by atoms with Gasteiger partial charge in [0.1, 0.15) is 6.04 Å². The van der Waals surface area contributed by atoms with Gasteiger partial charge in [-0.2, -0.15) is 0 Å². The standard InChI is InChI=1S/C12H16N2O3/c1-9(12(16)17)13-8-7-11(15)14-10-5-3-2-4-6-10/h2-6,9,13H,7-8H2,1H3,(H,14,15)(H,16,17)/t9-/m0/s1. The Morgan fingerprint density at radius 1 is 1.29 bits per heavy atom. The number of hydrogen-bond donors (Lipinski definition) is 3. The van der Waals surface area contributed by atoms with Gasteiger partial charge in [0.05, 0.1) is 0 Å². The smallest absolute Gasteiger partial charge is 0.320 e. The average Bonchev–Trinajstić information content (AvgIpc) is 2.30. The zero-order valence-electron chi connectivity index (χ0n) is 9.64. The second kappa shape index (κ2) is 6.65. The normalized spacial score (nSPS) is 11.8. The lowest BCUT2D eigenvalue weighted by Gasteiger charge is -2.09. The third-order valence-corrected chi connectivity index (χ3v) is 2.23. The van der Waals surface area contributed by atoms with Crippen molar-refractivity contribution in [2.24, 2.45) is 0 Å². The minimum absolute atomic E-state index is 0.138. The van der Waals surface area contributed by atoms with E-state index in [4.69, 9.17) is 5.11 Å². The van der Waals surface area contributed by atoms with Crippen molar-refractivity contribution in [2.75, 3.05) is 11.9 Å². The van der Waals surface area contributed by atoms with E-state index in [0.29, 0.717) is 6.54 Å².